The van der Waals surface area contributed by atoms with Crippen molar-refractivity contribution in [3.8, 4) is 0 Å². The number of nitrogens with one attached hydrogen (secondary N) is 1. The second kappa shape index (κ2) is 7.77. The lowest BCUT2D eigenvalue weighted by molar-refractivity contribution is 0.249. The minimum absolute atomic E-state index is 0.414. The van der Waals surface area contributed by atoms with E-state index >= 15 is 0 Å². The highest BCUT2D eigenvalue weighted by Crippen LogP contribution is 2.29. The normalized spacial score (nSPS) is 19.4. The first kappa shape index (κ1) is 18.2. The van der Waals surface area contributed by atoms with Gasteiger partial charge in [0.25, 0.3) is 0 Å². The summed E-state index contributed by atoms with van der Waals surface area (Å²) in [5.74, 6) is 0.580. The van der Waals surface area contributed by atoms with Crippen LogP contribution in [-0.2, 0) is 4.74 Å². The molecule has 0 amide bonds. The highest BCUT2D eigenvalue weighted by molar-refractivity contribution is 6.22. The van der Waals surface area contributed by atoms with Crippen LogP contribution < -0.4 is 5.73 Å². The number of likely N-dealkylation sites (tertiary alicyclic amines) is 1. The van der Waals surface area contributed by atoms with Gasteiger partial charge >= 0.3 is 0 Å². The third kappa shape index (κ3) is 3.66. The number of aliphatic imine (C=N–C) groups is 1. The molecule has 0 bridgehead atoms. The van der Waals surface area contributed by atoms with Crippen LogP contribution in [0.2, 0.25) is 0 Å². The summed E-state index contributed by atoms with van der Waals surface area (Å²) in [7, 11) is 0. The number of nitrogens with zero attached hydrogens (tertiary/aromatic N) is 2. The predicted molar refractivity (Wildman–Crippen MR) is 108 cm³/mol. The van der Waals surface area contributed by atoms with E-state index in [-0.39, 0.29) is 0 Å². The summed E-state index contributed by atoms with van der Waals surface area (Å²) in [6, 6.07) is 3.87. The van der Waals surface area contributed by atoms with Crippen molar-refractivity contribution in [3.05, 3.63) is 46.9 Å². The van der Waals surface area contributed by atoms with Gasteiger partial charge in [-0.05, 0) is 69.4 Å². The zero-order chi connectivity index (χ0) is 18.7. The van der Waals surface area contributed by atoms with E-state index in [9.17, 15) is 0 Å². The van der Waals surface area contributed by atoms with Gasteiger partial charge in [0.15, 0.2) is 0 Å². The molecule has 0 radical (unpaired) electrons. The number of rotatable bonds is 4. The van der Waals surface area contributed by atoms with Crippen LogP contribution in [0.4, 0.5) is 11.4 Å². The summed E-state index contributed by atoms with van der Waals surface area (Å²) in [6.07, 6.45) is 7.43. The van der Waals surface area contributed by atoms with Gasteiger partial charge in [-0.15, -0.1) is 0 Å². The second-order valence-electron chi connectivity index (χ2n) is 6.85. The zero-order valence-corrected chi connectivity index (χ0v) is 15.9. The van der Waals surface area contributed by atoms with Gasteiger partial charge in [0.2, 0.25) is 0 Å². The van der Waals surface area contributed by atoms with Crippen molar-refractivity contribution in [1.29, 1.82) is 5.41 Å². The molecule has 1 aliphatic carbocycles. The Balaban J connectivity index is 2.04. The van der Waals surface area contributed by atoms with Gasteiger partial charge in [-0.3, -0.25) is 5.41 Å². The maximum Gasteiger partial charge on any atom is 0.146 e. The van der Waals surface area contributed by atoms with Crippen molar-refractivity contribution < 1.29 is 4.74 Å². The average molecular weight is 352 g/mol. The molecule has 1 aromatic rings. The second-order valence-corrected chi connectivity index (χ2v) is 6.85. The Kier molecular flexibility index (Phi) is 5.45. The van der Waals surface area contributed by atoms with Crippen LogP contribution in [0, 0.1) is 19.3 Å². The first-order chi connectivity index (χ1) is 12.5. The van der Waals surface area contributed by atoms with Gasteiger partial charge < -0.3 is 15.4 Å². The first-order valence-corrected chi connectivity index (χ1v) is 9.36. The van der Waals surface area contributed by atoms with Gasteiger partial charge in [0.1, 0.15) is 5.76 Å². The van der Waals surface area contributed by atoms with Crippen LogP contribution in [-0.4, -0.2) is 36.0 Å². The number of ether oxygens (including phenoxy) is 1. The third-order valence-corrected chi connectivity index (χ3v) is 5.11. The number of nitrogens with two attached hydrogens (primary N) is 1. The van der Waals surface area contributed by atoms with Gasteiger partial charge in [-0.25, -0.2) is 4.99 Å². The van der Waals surface area contributed by atoms with Crippen molar-refractivity contribution in [3.63, 3.8) is 0 Å². The van der Waals surface area contributed by atoms with E-state index in [1.807, 2.05) is 45.1 Å². The number of hydrogen-bond acceptors (Lipinski definition) is 5. The maximum absolute atomic E-state index is 8.30. The van der Waals surface area contributed by atoms with Crippen LogP contribution in [0.5, 0.6) is 0 Å². The van der Waals surface area contributed by atoms with Crippen LogP contribution in [0.1, 0.15) is 37.3 Å². The molecule has 0 atom stereocenters. The standard InChI is InChI=1S/C21H28N4O/c1-4-26-21-13-19(24-18-9-8-16(22)14(2)15(18)3)20(12-17(21)23)25-10-6-5-7-11-25/h8-9,12-13,23H,4-7,10-11,22H2,1-3H3/b23-17?,24-19+. The van der Waals surface area contributed by atoms with Gasteiger partial charge in [0.05, 0.1) is 29.4 Å². The topological polar surface area (TPSA) is 74.7 Å². The molecule has 1 aromatic carbocycles. The predicted octanol–water partition coefficient (Wildman–Crippen LogP) is 4.28. The summed E-state index contributed by atoms with van der Waals surface area (Å²) in [6.45, 7) is 8.56. The largest absolute Gasteiger partial charge is 0.492 e. The molecule has 138 valence electrons. The Morgan fingerprint density at radius 1 is 1.12 bits per heavy atom. The van der Waals surface area contributed by atoms with Crippen LogP contribution in [0.15, 0.2) is 40.7 Å². The van der Waals surface area contributed by atoms with E-state index in [1.165, 1.54) is 19.3 Å². The monoisotopic (exact) mass is 352 g/mol. The molecule has 2 aliphatic rings. The average Bonchev–Trinajstić information content (AvgIpc) is 2.65. The molecule has 5 nitrogen and oxygen atoms in total. The van der Waals surface area contributed by atoms with Crippen LogP contribution in [0.3, 0.4) is 0 Å². The number of anilines is 1. The fourth-order valence-corrected chi connectivity index (χ4v) is 3.39. The van der Waals surface area contributed by atoms with Crippen molar-refractivity contribution >= 4 is 22.8 Å². The van der Waals surface area contributed by atoms with Crippen molar-refractivity contribution in [1.82, 2.24) is 4.90 Å². The fourth-order valence-electron chi connectivity index (χ4n) is 3.39. The van der Waals surface area contributed by atoms with Gasteiger partial charge in [-0.2, -0.15) is 0 Å². The Labute approximate surface area is 155 Å². The van der Waals surface area contributed by atoms with Crippen LogP contribution in [0.25, 0.3) is 0 Å². The molecular weight excluding hydrogens is 324 g/mol. The van der Waals surface area contributed by atoms with Crippen molar-refractivity contribution in [2.45, 2.75) is 40.0 Å². The van der Waals surface area contributed by atoms with Crippen molar-refractivity contribution in [2.75, 3.05) is 25.4 Å². The summed E-state index contributed by atoms with van der Waals surface area (Å²) in [4.78, 5) is 7.28. The molecule has 0 spiro atoms. The SMILES string of the molecule is CCOC1=C/C(=N\c2ccc(N)c(C)c2C)C(N2CCCCC2)=CC1=N. The molecule has 1 saturated heterocycles. The number of benzene rings is 1. The van der Waals surface area contributed by atoms with Gasteiger partial charge in [0, 0.05) is 24.9 Å². The van der Waals surface area contributed by atoms with Gasteiger partial charge in [-0.1, -0.05) is 0 Å². The summed E-state index contributed by atoms with van der Waals surface area (Å²) in [5.41, 5.74) is 12.2. The molecule has 1 aliphatic heterocycles. The zero-order valence-electron chi connectivity index (χ0n) is 15.9. The number of piperidine rings is 1. The lowest BCUT2D eigenvalue weighted by Gasteiger charge is -2.32. The number of hydrogen-bond donors (Lipinski definition) is 2. The van der Waals surface area contributed by atoms with Crippen LogP contribution >= 0.6 is 0 Å². The number of nitrogen functional groups attached to an aromatic ring is 1. The highest BCUT2D eigenvalue weighted by atomic mass is 16.5. The lowest BCUT2D eigenvalue weighted by atomic mass is 10.0. The maximum atomic E-state index is 8.30. The third-order valence-electron chi connectivity index (χ3n) is 5.11. The molecule has 1 fully saturated rings. The summed E-state index contributed by atoms with van der Waals surface area (Å²) in [5, 5.41) is 8.30. The summed E-state index contributed by atoms with van der Waals surface area (Å²) >= 11 is 0. The van der Waals surface area contributed by atoms with Crippen molar-refractivity contribution in [2.24, 2.45) is 4.99 Å². The number of allylic oxidation sites excluding steroid dienone is 2. The Morgan fingerprint density at radius 2 is 1.85 bits per heavy atom. The molecule has 0 unspecified atom stereocenters. The highest BCUT2D eigenvalue weighted by Gasteiger charge is 2.23. The van der Waals surface area contributed by atoms with E-state index in [2.05, 4.69) is 4.90 Å². The molecule has 3 N–H and O–H groups in total. The molecule has 0 aromatic heterocycles. The minimum Gasteiger partial charge on any atom is -0.492 e. The smallest absolute Gasteiger partial charge is 0.146 e. The fraction of sp³-hybridized carbons (Fsp3) is 0.429. The molecule has 26 heavy (non-hydrogen) atoms. The molecular formula is C21H28N4O. The first-order valence-electron chi connectivity index (χ1n) is 9.36. The van der Waals surface area contributed by atoms with E-state index in [0.29, 0.717) is 18.1 Å². The molecule has 3 rings (SSSR count). The summed E-state index contributed by atoms with van der Waals surface area (Å²) < 4.78 is 5.64. The van der Waals surface area contributed by atoms with E-state index in [4.69, 9.17) is 20.9 Å². The van der Waals surface area contributed by atoms with E-state index < -0.39 is 0 Å². The Bertz CT molecular complexity index is 798. The molecule has 0 saturated carbocycles. The Morgan fingerprint density at radius 3 is 2.54 bits per heavy atom. The van der Waals surface area contributed by atoms with E-state index in [1.54, 1.807) is 0 Å². The minimum atomic E-state index is 0.414. The quantitative estimate of drug-likeness (QED) is 0.627. The Hall–Kier alpha value is -2.56. The molecule has 1 heterocycles. The van der Waals surface area contributed by atoms with E-state index in [0.717, 1.165) is 47.0 Å². The lowest BCUT2D eigenvalue weighted by Crippen LogP contribution is -2.34. The molecule has 5 heteroatoms.